The number of nitrogens with zero attached hydrogens (tertiary/aromatic N) is 2. The third-order valence-corrected chi connectivity index (χ3v) is 2.13. The van der Waals surface area contributed by atoms with Gasteiger partial charge in [-0.2, -0.15) is 18.3 Å². The van der Waals surface area contributed by atoms with E-state index in [0.717, 1.165) is 12.5 Å². The van der Waals surface area contributed by atoms with Gasteiger partial charge in [0.05, 0.1) is 5.69 Å². The molecule has 1 rings (SSSR count). The highest BCUT2D eigenvalue weighted by molar-refractivity contribution is 5.93. The summed E-state index contributed by atoms with van der Waals surface area (Å²) in [7, 11) is 0. The van der Waals surface area contributed by atoms with E-state index in [1.807, 2.05) is 6.92 Å². The summed E-state index contributed by atoms with van der Waals surface area (Å²) >= 11 is 0. The number of Topliss-reactive ketones (excluding diaryl/α,β-unsaturated/α-hetero) is 1. The van der Waals surface area contributed by atoms with Crippen LogP contribution in [-0.2, 0) is 4.79 Å². The maximum absolute atomic E-state index is 12.3. The third-order valence-electron chi connectivity index (χ3n) is 2.13. The summed E-state index contributed by atoms with van der Waals surface area (Å²) in [6, 6.07) is 6.44. The average molecular weight is 272 g/mol. The van der Waals surface area contributed by atoms with Crippen molar-refractivity contribution in [2.75, 3.05) is 0 Å². The lowest BCUT2D eigenvalue weighted by Crippen LogP contribution is -2.16. The van der Waals surface area contributed by atoms with Crippen molar-refractivity contribution in [3.63, 3.8) is 0 Å². The Morgan fingerprint density at radius 2 is 1.74 bits per heavy atom. The number of carbonyl (C=O) groups is 1. The monoisotopic (exact) mass is 272 g/mol. The summed E-state index contributed by atoms with van der Waals surface area (Å²) in [6.45, 7) is 2.70. The average Bonchev–Trinajstić information content (AvgIpc) is 2.30. The topological polar surface area (TPSA) is 62.0 Å². The highest BCUT2D eigenvalue weighted by atomic mass is 19.4. The van der Waals surface area contributed by atoms with Gasteiger partial charge >= 0.3 is 6.18 Å². The van der Waals surface area contributed by atoms with E-state index in [9.17, 15) is 18.0 Å². The van der Waals surface area contributed by atoms with Crippen molar-refractivity contribution in [3.05, 3.63) is 41.3 Å². The van der Waals surface area contributed by atoms with Gasteiger partial charge in [-0.3, -0.25) is 4.79 Å². The number of rotatable bonds is 3. The fourth-order valence-corrected chi connectivity index (χ4v) is 1.14. The van der Waals surface area contributed by atoms with Crippen LogP contribution in [0.15, 0.2) is 46.0 Å². The summed E-state index contributed by atoms with van der Waals surface area (Å²) in [5.74, 6) is -3.07. The molecule has 1 N–H and O–H groups in total. The molecule has 7 heteroatoms. The fraction of sp³-hybridized carbons (Fsp3) is 0.250. The number of allylic oxidation sites excluding steroid dienone is 2. The molecule has 0 radical (unpaired) electrons. The Morgan fingerprint density at radius 1 is 1.21 bits per heavy atom. The Bertz CT molecular complexity index is 531. The highest BCUT2D eigenvalue weighted by Gasteiger charge is 2.38. The lowest BCUT2D eigenvalue weighted by Gasteiger charge is -2.06. The molecule has 0 amide bonds. The molecule has 19 heavy (non-hydrogen) atoms. The first-order chi connectivity index (χ1) is 8.71. The van der Waals surface area contributed by atoms with Crippen LogP contribution in [0.5, 0.6) is 0 Å². The molecule has 0 spiro atoms. The van der Waals surface area contributed by atoms with Crippen LogP contribution in [0.1, 0.15) is 12.5 Å². The Labute approximate surface area is 107 Å². The summed E-state index contributed by atoms with van der Waals surface area (Å²) in [4.78, 5) is 11.0. The molecule has 0 fully saturated rings. The largest absolute Gasteiger partial charge is 0.503 e. The molecule has 0 saturated carbocycles. The minimum Gasteiger partial charge on any atom is -0.503 e. The van der Waals surface area contributed by atoms with E-state index in [1.54, 1.807) is 12.1 Å². The van der Waals surface area contributed by atoms with Gasteiger partial charge in [-0.1, -0.05) is 17.7 Å². The van der Waals surface area contributed by atoms with Crippen molar-refractivity contribution in [2.45, 2.75) is 20.0 Å². The first-order valence-corrected chi connectivity index (χ1v) is 5.21. The number of ketones is 1. The molecular weight excluding hydrogens is 261 g/mol. The Morgan fingerprint density at radius 3 is 2.16 bits per heavy atom. The van der Waals surface area contributed by atoms with Gasteiger partial charge in [0, 0.05) is 6.92 Å². The number of azo groups is 1. The van der Waals surface area contributed by atoms with Crippen LogP contribution in [0.25, 0.3) is 0 Å². The number of hydrogen-bond acceptors (Lipinski definition) is 4. The van der Waals surface area contributed by atoms with Crippen LogP contribution >= 0.6 is 0 Å². The lowest BCUT2D eigenvalue weighted by molar-refractivity contribution is -0.126. The van der Waals surface area contributed by atoms with Gasteiger partial charge in [0.15, 0.2) is 11.5 Å². The summed E-state index contributed by atoms with van der Waals surface area (Å²) in [5, 5.41) is 15.6. The molecule has 0 bridgehead atoms. The van der Waals surface area contributed by atoms with Gasteiger partial charge < -0.3 is 5.11 Å². The maximum atomic E-state index is 12.3. The second kappa shape index (κ2) is 5.64. The molecule has 4 nitrogen and oxygen atoms in total. The quantitative estimate of drug-likeness (QED) is 0.513. The molecule has 0 aromatic heterocycles. The van der Waals surface area contributed by atoms with E-state index < -0.39 is 23.4 Å². The number of aliphatic hydroxyl groups excluding tert-OH is 1. The zero-order valence-corrected chi connectivity index (χ0v) is 10.2. The van der Waals surface area contributed by atoms with Crippen LogP contribution in [0, 0.1) is 6.92 Å². The van der Waals surface area contributed by atoms with E-state index in [1.165, 1.54) is 12.1 Å². The number of aliphatic hydroxyl groups is 1. The summed E-state index contributed by atoms with van der Waals surface area (Å²) in [6.07, 6.45) is -5.03. The van der Waals surface area contributed by atoms with Gasteiger partial charge in [0.25, 0.3) is 0 Å². The highest BCUT2D eigenvalue weighted by Crippen LogP contribution is 2.27. The minimum absolute atomic E-state index is 0.277. The van der Waals surface area contributed by atoms with E-state index in [0.29, 0.717) is 0 Å². The van der Waals surface area contributed by atoms with E-state index in [4.69, 9.17) is 5.11 Å². The number of aryl methyl sites for hydroxylation is 1. The number of carbonyl (C=O) groups excluding carboxylic acids is 1. The van der Waals surface area contributed by atoms with Crippen LogP contribution in [0.4, 0.5) is 18.9 Å². The Hall–Kier alpha value is -2.18. The molecule has 0 atom stereocenters. The fourth-order valence-electron chi connectivity index (χ4n) is 1.14. The summed E-state index contributed by atoms with van der Waals surface area (Å²) in [5.41, 5.74) is 0.104. The molecule has 0 aliphatic carbocycles. The summed E-state index contributed by atoms with van der Waals surface area (Å²) < 4.78 is 36.8. The first kappa shape index (κ1) is 14.9. The van der Waals surface area contributed by atoms with Crippen molar-refractivity contribution in [2.24, 2.45) is 10.2 Å². The van der Waals surface area contributed by atoms with Gasteiger partial charge in [-0.15, -0.1) is 5.11 Å². The van der Waals surface area contributed by atoms with Crippen molar-refractivity contribution < 1.29 is 23.1 Å². The van der Waals surface area contributed by atoms with Crippen molar-refractivity contribution in [1.29, 1.82) is 0 Å². The van der Waals surface area contributed by atoms with Crippen molar-refractivity contribution in [3.8, 4) is 0 Å². The molecule has 0 aliphatic rings. The third kappa shape index (κ3) is 4.20. The normalized spacial score (nSPS) is 13.5. The van der Waals surface area contributed by atoms with E-state index in [2.05, 4.69) is 10.2 Å². The smallest absolute Gasteiger partial charge is 0.451 e. The molecule has 102 valence electrons. The second-order valence-corrected chi connectivity index (χ2v) is 3.79. The van der Waals surface area contributed by atoms with Crippen LogP contribution in [0.3, 0.4) is 0 Å². The minimum atomic E-state index is -5.03. The van der Waals surface area contributed by atoms with Gasteiger partial charge in [-0.05, 0) is 19.1 Å². The molecule has 1 aromatic rings. The van der Waals surface area contributed by atoms with Crippen molar-refractivity contribution in [1.82, 2.24) is 0 Å². The van der Waals surface area contributed by atoms with Crippen LogP contribution in [0.2, 0.25) is 0 Å². The predicted molar refractivity (Wildman–Crippen MR) is 62.1 cm³/mol. The standard InChI is InChI=1S/C12H11F3N2O2/c1-7-3-5-9(6-4-7)16-17-10(8(2)18)11(19)12(13,14)15/h3-6,19H,1-2H3/b11-10-,17-16?. The Kier molecular flexibility index (Phi) is 4.42. The molecule has 0 aliphatic heterocycles. The molecular formula is C12H11F3N2O2. The molecule has 0 unspecified atom stereocenters. The number of benzene rings is 1. The second-order valence-electron chi connectivity index (χ2n) is 3.79. The van der Waals surface area contributed by atoms with E-state index in [-0.39, 0.29) is 5.69 Å². The van der Waals surface area contributed by atoms with Crippen LogP contribution < -0.4 is 0 Å². The van der Waals surface area contributed by atoms with Crippen LogP contribution in [-0.4, -0.2) is 17.1 Å². The zero-order valence-electron chi connectivity index (χ0n) is 10.2. The lowest BCUT2D eigenvalue weighted by atomic mass is 10.2. The zero-order chi connectivity index (χ0) is 14.6. The number of halogens is 3. The molecule has 1 aromatic carbocycles. The first-order valence-electron chi connectivity index (χ1n) is 5.21. The molecule has 0 saturated heterocycles. The predicted octanol–water partition coefficient (Wildman–Crippen LogP) is 4.00. The number of alkyl halides is 3. The number of hydrogen-bond donors (Lipinski definition) is 1. The van der Waals surface area contributed by atoms with Crippen molar-refractivity contribution >= 4 is 11.5 Å². The van der Waals surface area contributed by atoms with Gasteiger partial charge in [0.2, 0.25) is 5.76 Å². The van der Waals surface area contributed by atoms with E-state index >= 15 is 0 Å². The maximum Gasteiger partial charge on any atom is 0.451 e. The molecule has 0 heterocycles. The van der Waals surface area contributed by atoms with Gasteiger partial charge in [-0.25, -0.2) is 0 Å². The SMILES string of the molecule is CC(=O)/C(N=Nc1ccc(C)cc1)=C(/O)C(F)(F)F. The van der Waals surface area contributed by atoms with Gasteiger partial charge in [0.1, 0.15) is 0 Å². The Balaban J connectivity index is 3.11.